The third kappa shape index (κ3) is 3.03. The zero-order valence-corrected chi connectivity index (χ0v) is 23.0. The van der Waals surface area contributed by atoms with Crippen molar-refractivity contribution >= 4 is 11.9 Å². The van der Waals surface area contributed by atoms with Gasteiger partial charge < -0.3 is 20.1 Å². The molecule has 6 heteroatoms. The van der Waals surface area contributed by atoms with Gasteiger partial charge in [-0.3, -0.25) is 9.59 Å². The number of rotatable bonds is 4. The Labute approximate surface area is 215 Å². The summed E-state index contributed by atoms with van der Waals surface area (Å²) in [6.07, 6.45) is 4.37. The fraction of sp³-hybridized carbons (Fsp3) is 0.867. The van der Waals surface area contributed by atoms with Gasteiger partial charge in [-0.25, -0.2) is 0 Å². The van der Waals surface area contributed by atoms with Crippen LogP contribution < -0.4 is 0 Å². The van der Waals surface area contributed by atoms with Crippen molar-refractivity contribution in [2.75, 3.05) is 0 Å². The molecule has 0 bridgehead atoms. The summed E-state index contributed by atoms with van der Waals surface area (Å²) in [7, 11) is 0. The number of carbonyl (C=O) groups is 2. The Morgan fingerprint density at radius 2 is 1.64 bits per heavy atom. The van der Waals surface area contributed by atoms with E-state index in [2.05, 4.69) is 41.2 Å². The van der Waals surface area contributed by atoms with Crippen molar-refractivity contribution in [3.05, 3.63) is 12.2 Å². The number of aliphatic hydroxyl groups is 1. The molecule has 5 fully saturated rings. The molecule has 5 aliphatic rings. The molecular weight excluding hydrogens is 456 g/mol. The highest BCUT2D eigenvalue weighted by Gasteiger charge is 2.75. The van der Waals surface area contributed by atoms with Crippen LogP contribution >= 0.6 is 0 Å². The van der Waals surface area contributed by atoms with Crippen LogP contribution in [0.3, 0.4) is 0 Å². The topological polar surface area (TPSA) is 104 Å². The van der Waals surface area contributed by atoms with E-state index >= 15 is 0 Å². The summed E-state index contributed by atoms with van der Waals surface area (Å²) in [4.78, 5) is 24.7. The zero-order chi connectivity index (χ0) is 26.6. The largest absolute Gasteiger partial charge is 0.481 e. The Hall–Kier alpha value is -1.40. The molecule has 4 saturated carbocycles. The Morgan fingerprint density at radius 1 is 0.972 bits per heavy atom. The first kappa shape index (κ1) is 26.2. The smallest absolute Gasteiger partial charge is 0.309 e. The van der Waals surface area contributed by atoms with Crippen LogP contribution in [0.25, 0.3) is 0 Å². The normalized spacial score (nSPS) is 53.0. The third-order valence-electron chi connectivity index (χ3n) is 13.0. The number of hydrogen-bond acceptors (Lipinski definition) is 4. The molecule has 1 heterocycles. The lowest BCUT2D eigenvalue weighted by molar-refractivity contribution is -0.254. The number of ether oxygens (including phenoxy) is 1. The summed E-state index contributed by atoms with van der Waals surface area (Å²) < 4.78 is 6.51. The maximum atomic E-state index is 12.8. The first-order valence-electron chi connectivity index (χ1n) is 14.0. The zero-order valence-electron chi connectivity index (χ0n) is 23.0. The highest BCUT2D eigenvalue weighted by Crippen LogP contribution is 2.77. The summed E-state index contributed by atoms with van der Waals surface area (Å²) in [5.41, 5.74) is -0.969. The van der Waals surface area contributed by atoms with Gasteiger partial charge in [-0.1, -0.05) is 32.9 Å². The van der Waals surface area contributed by atoms with Gasteiger partial charge in [-0.15, -0.1) is 0 Å². The standard InChI is InChI=1S/C30H46O6/c1-16(2)17-8-11-30(25(34)35)13-12-27(5)18(23(17)30)14-19(31)24-28(27,6)10-9-20-26(3,4)36-21(15-22(32)33)29(20,24)7/h17-21,23-24,31H,1,8-15H2,2-7H3,(H,32,33)(H,34,35). The SMILES string of the molecule is C=C(C)C1CCC2(C(=O)O)CCC3(C)C(CC(O)C4C5(C)C(CC(=O)O)OC(C)(C)C5CCC43C)C12. The maximum Gasteiger partial charge on any atom is 0.309 e. The minimum absolute atomic E-state index is 0.0182. The van der Waals surface area contributed by atoms with E-state index in [0.717, 1.165) is 31.3 Å². The fourth-order valence-electron chi connectivity index (χ4n) is 11.4. The van der Waals surface area contributed by atoms with Crippen molar-refractivity contribution in [2.45, 2.75) is 111 Å². The van der Waals surface area contributed by atoms with Crippen LogP contribution in [0, 0.1) is 51.2 Å². The van der Waals surface area contributed by atoms with Gasteiger partial charge in [0.05, 0.1) is 29.6 Å². The van der Waals surface area contributed by atoms with E-state index in [-0.39, 0.29) is 46.8 Å². The van der Waals surface area contributed by atoms with Gasteiger partial charge in [-0.05, 0) is 106 Å². The second kappa shape index (κ2) is 7.81. The molecule has 0 aromatic rings. The van der Waals surface area contributed by atoms with Crippen LogP contribution in [0.4, 0.5) is 0 Å². The Kier molecular flexibility index (Phi) is 5.69. The molecule has 11 unspecified atom stereocenters. The van der Waals surface area contributed by atoms with E-state index < -0.39 is 40.6 Å². The van der Waals surface area contributed by atoms with Crippen LogP contribution in [0.15, 0.2) is 12.2 Å². The van der Waals surface area contributed by atoms with Gasteiger partial charge in [0.15, 0.2) is 0 Å². The fourth-order valence-corrected chi connectivity index (χ4v) is 11.4. The van der Waals surface area contributed by atoms with Crippen LogP contribution in [-0.4, -0.2) is 45.1 Å². The van der Waals surface area contributed by atoms with E-state index in [1.165, 1.54) is 0 Å². The molecule has 1 aliphatic heterocycles. The minimum Gasteiger partial charge on any atom is -0.481 e. The maximum absolute atomic E-state index is 12.8. The molecule has 0 spiro atoms. The van der Waals surface area contributed by atoms with Gasteiger partial charge in [0.25, 0.3) is 0 Å². The number of fused-ring (bicyclic) bond motifs is 7. The molecule has 3 N–H and O–H groups in total. The molecule has 36 heavy (non-hydrogen) atoms. The third-order valence-corrected chi connectivity index (χ3v) is 13.0. The number of allylic oxidation sites excluding steroid dienone is 1. The van der Waals surface area contributed by atoms with Crippen molar-refractivity contribution < 1.29 is 29.6 Å². The summed E-state index contributed by atoms with van der Waals surface area (Å²) >= 11 is 0. The van der Waals surface area contributed by atoms with Gasteiger partial charge in [-0.2, -0.15) is 0 Å². The number of aliphatic hydroxyl groups excluding tert-OH is 1. The average Bonchev–Trinajstić information content (AvgIpc) is 3.23. The molecule has 4 aliphatic carbocycles. The Morgan fingerprint density at radius 3 is 2.22 bits per heavy atom. The number of hydrogen-bond donors (Lipinski definition) is 3. The van der Waals surface area contributed by atoms with E-state index in [4.69, 9.17) is 4.74 Å². The number of carboxylic acid groups (broad SMARTS) is 2. The van der Waals surface area contributed by atoms with Crippen LogP contribution in [0.1, 0.15) is 92.9 Å². The monoisotopic (exact) mass is 502 g/mol. The van der Waals surface area contributed by atoms with E-state index in [0.29, 0.717) is 19.3 Å². The van der Waals surface area contributed by atoms with Crippen LogP contribution in [0.5, 0.6) is 0 Å². The number of carboxylic acids is 2. The van der Waals surface area contributed by atoms with Crippen molar-refractivity contribution in [3.63, 3.8) is 0 Å². The highest BCUT2D eigenvalue weighted by atomic mass is 16.5. The second-order valence-electron chi connectivity index (χ2n) is 14.5. The van der Waals surface area contributed by atoms with Crippen LogP contribution in [-0.2, 0) is 14.3 Å². The molecule has 6 nitrogen and oxygen atoms in total. The molecule has 1 saturated heterocycles. The quantitative estimate of drug-likeness (QED) is 0.437. The molecule has 0 aromatic carbocycles. The molecule has 11 atom stereocenters. The van der Waals surface area contributed by atoms with Gasteiger partial charge in [0.2, 0.25) is 0 Å². The second-order valence-corrected chi connectivity index (χ2v) is 14.5. The lowest BCUT2D eigenvalue weighted by Gasteiger charge is -2.71. The molecule has 0 amide bonds. The summed E-state index contributed by atoms with van der Waals surface area (Å²) in [5.74, 6) is -1.23. The first-order chi connectivity index (χ1) is 16.6. The lowest BCUT2D eigenvalue weighted by Crippen LogP contribution is -2.69. The predicted octanol–water partition coefficient (Wildman–Crippen LogP) is 5.53. The molecule has 5 rings (SSSR count). The van der Waals surface area contributed by atoms with Crippen molar-refractivity contribution in [1.29, 1.82) is 0 Å². The van der Waals surface area contributed by atoms with Gasteiger partial charge in [0, 0.05) is 5.41 Å². The van der Waals surface area contributed by atoms with Crippen molar-refractivity contribution in [2.24, 2.45) is 51.2 Å². The average molecular weight is 503 g/mol. The van der Waals surface area contributed by atoms with Gasteiger partial charge in [0.1, 0.15) is 0 Å². The minimum atomic E-state index is -0.862. The molecule has 0 radical (unpaired) electrons. The predicted molar refractivity (Wildman–Crippen MR) is 136 cm³/mol. The molecular formula is C30H46O6. The van der Waals surface area contributed by atoms with Crippen LogP contribution in [0.2, 0.25) is 0 Å². The Bertz CT molecular complexity index is 988. The summed E-state index contributed by atoms with van der Waals surface area (Å²) in [6, 6.07) is 0. The summed E-state index contributed by atoms with van der Waals surface area (Å²) in [5, 5.41) is 32.3. The lowest BCUT2D eigenvalue weighted by atomic mass is 9.33. The Balaban J connectivity index is 1.63. The number of aliphatic carboxylic acids is 2. The summed E-state index contributed by atoms with van der Waals surface area (Å²) in [6.45, 7) is 17.4. The van der Waals surface area contributed by atoms with Crippen molar-refractivity contribution in [3.8, 4) is 0 Å². The van der Waals surface area contributed by atoms with Crippen molar-refractivity contribution in [1.82, 2.24) is 0 Å². The highest BCUT2D eigenvalue weighted by molar-refractivity contribution is 5.76. The molecule has 0 aromatic heterocycles. The first-order valence-corrected chi connectivity index (χ1v) is 14.0. The van der Waals surface area contributed by atoms with E-state index in [9.17, 15) is 24.9 Å². The molecule has 202 valence electrons. The van der Waals surface area contributed by atoms with E-state index in [1.807, 2.05) is 6.92 Å². The van der Waals surface area contributed by atoms with Gasteiger partial charge >= 0.3 is 11.9 Å². The van der Waals surface area contributed by atoms with E-state index in [1.54, 1.807) is 0 Å².